The van der Waals surface area contributed by atoms with Gasteiger partial charge in [-0.1, -0.05) is 19.9 Å². The second-order valence-electron chi connectivity index (χ2n) is 6.63. The van der Waals surface area contributed by atoms with Crippen molar-refractivity contribution in [2.75, 3.05) is 11.9 Å². The number of aryl methyl sites for hydroxylation is 1. The lowest BCUT2D eigenvalue weighted by Crippen LogP contribution is -2.51. The number of carbonyl (C=O) groups excluding carboxylic acids is 1. The number of anilines is 1. The molecule has 0 aliphatic carbocycles. The van der Waals surface area contributed by atoms with Gasteiger partial charge in [-0.25, -0.2) is 13.1 Å². The van der Waals surface area contributed by atoms with Crippen LogP contribution in [0.2, 0.25) is 0 Å². The first-order valence-electron chi connectivity index (χ1n) is 7.61. The third-order valence-electron chi connectivity index (χ3n) is 3.52. The van der Waals surface area contributed by atoms with Crippen LogP contribution in [0, 0.1) is 12.8 Å². The number of rotatable bonds is 7. The molecule has 0 saturated heterocycles. The number of benzene rings is 1. The van der Waals surface area contributed by atoms with Crippen molar-refractivity contribution in [1.82, 2.24) is 4.72 Å². The van der Waals surface area contributed by atoms with Gasteiger partial charge < -0.3 is 11.1 Å². The molecule has 1 unspecified atom stereocenters. The van der Waals surface area contributed by atoms with Gasteiger partial charge in [-0.15, -0.1) is 0 Å². The van der Waals surface area contributed by atoms with Gasteiger partial charge in [-0.2, -0.15) is 0 Å². The molecule has 0 aromatic heterocycles. The first-order valence-corrected chi connectivity index (χ1v) is 9.10. The summed E-state index contributed by atoms with van der Waals surface area (Å²) in [6, 6.07) is 4.66. The van der Waals surface area contributed by atoms with Gasteiger partial charge in [0.15, 0.2) is 0 Å². The van der Waals surface area contributed by atoms with Crippen molar-refractivity contribution < 1.29 is 13.2 Å². The molecule has 0 spiro atoms. The minimum Gasteiger partial charge on any atom is -0.329 e. The zero-order chi connectivity index (χ0) is 17.8. The van der Waals surface area contributed by atoms with E-state index in [2.05, 4.69) is 10.0 Å². The van der Waals surface area contributed by atoms with Gasteiger partial charge in [0.25, 0.3) is 0 Å². The minimum atomic E-state index is -3.73. The van der Waals surface area contributed by atoms with E-state index in [0.29, 0.717) is 18.0 Å². The molecule has 0 aliphatic rings. The summed E-state index contributed by atoms with van der Waals surface area (Å²) in [5.74, 6) is 0.0569. The van der Waals surface area contributed by atoms with E-state index in [1.807, 2.05) is 13.8 Å². The SMILES string of the molecule is CC(=O)Nc1cc(S(=O)(=O)NC(C)(CN)CC(C)C)ccc1C. The van der Waals surface area contributed by atoms with Crippen molar-refractivity contribution in [3.8, 4) is 0 Å². The molecule has 0 bridgehead atoms. The van der Waals surface area contributed by atoms with Crippen molar-refractivity contribution in [2.45, 2.75) is 51.5 Å². The molecule has 1 aromatic carbocycles. The number of hydrogen-bond acceptors (Lipinski definition) is 4. The summed E-state index contributed by atoms with van der Waals surface area (Å²) in [4.78, 5) is 11.3. The van der Waals surface area contributed by atoms with E-state index < -0.39 is 15.6 Å². The Hall–Kier alpha value is -1.44. The Labute approximate surface area is 138 Å². The van der Waals surface area contributed by atoms with Gasteiger partial charge in [0.2, 0.25) is 15.9 Å². The highest BCUT2D eigenvalue weighted by atomic mass is 32.2. The van der Waals surface area contributed by atoms with E-state index in [1.165, 1.54) is 19.1 Å². The lowest BCUT2D eigenvalue weighted by Gasteiger charge is -2.30. The van der Waals surface area contributed by atoms with Crippen LogP contribution in [-0.4, -0.2) is 26.4 Å². The molecular weight excluding hydrogens is 314 g/mol. The molecule has 1 aromatic rings. The highest BCUT2D eigenvalue weighted by molar-refractivity contribution is 7.89. The van der Waals surface area contributed by atoms with Gasteiger partial charge in [0.05, 0.1) is 4.90 Å². The standard InChI is InChI=1S/C16H27N3O3S/c1-11(2)9-16(5,10-17)19-23(21,22)14-7-6-12(3)15(8-14)18-13(4)20/h6-8,11,19H,9-10,17H2,1-5H3,(H,18,20). The zero-order valence-electron chi connectivity index (χ0n) is 14.4. The van der Waals surface area contributed by atoms with Crippen LogP contribution in [0.3, 0.4) is 0 Å². The largest absolute Gasteiger partial charge is 0.329 e. The van der Waals surface area contributed by atoms with Crippen LogP contribution < -0.4 is 15.8 Å². The Morgan fingerprint density at radius 1 is 1.35 bits per heavy atom. The molecule has 23 heavy (non-hydrogen) atoms. The minimum absolute atomic E-state index is 0.107. The molecule has 6 nitrogen and oxygen atoms in total. The quantitative estimate of drug-likeness (QED) is 0.706. The normalized spacial score (nSPS) is 14.6. The number of nitrogens with two attached hydrogens (primary N) is 1. The van der Waals surface area contributed by atoms with E-state index in [4.69, 9.17) is 5.73 Å². The van der Waals surface area contributed by atoms with Gasteiger partial charge in [-0.05, 0) is 43.9 Å². The molecule has 1 amide bonds. The molecule has 0 heterocycles. The number of amides is 1. The van der Waals surface area contributed by atoms with Crippen LogP contribution in [0.4, 0.5) is 5.69 Å². The molecule has 7 heteroatoms. The van der Waals surface area contributed by atoms with E-state index in [9.17, 15) is 13.2 Å². The summed E-state index contributed by atoms with van der Waals surface area (Å²) in [5.41, 5.74) is 6.34. The van der Waals surface area contributed by atoms with Crippen molar-refractivity contribution in [2.24, 2.45) is 11.7 Å². The van der Waals surface area contributed by atoms with Crippen LogP contribution in [0.1, 0.15) is 39.7 Å². The van der Waals surface area contributed by atoms with Crippen molar-refractivity contribution in [3.05, 3.63) is 23.8 Å². The molecule has 0 saturated carbocycles. The second kappa shape index (κ2) is 7.42. The Balaban J connectivity index is 3.15. The van der Waals surface area contributed by atoms with E-state index in [-0.39, 0.29) is 17.3 Å². The summed E-state index contributed by atoms with van der Waals surface area (Å²) in [5, 5.41) is 2.64. The third-order valence-corrected chi connectivity index (χ3v) is 5.16. The number of hydrogen-bond donors (Lipinski definition) is 3. The van der Waals surface area contributed by atoms with E-state index in [0.717, 1.165) is 5.56 Å². The molecule has 4 N–H and O–H groups in total. The van der Waals surface area contributed by atoms with Crippen molar-refractivity contribution >= 4 is 21.6 Å². The molecule has 1 atom stereocenters. The van der Waals surface area contributed by atoms with Crippen LogP contribution in [0.5, 0.6) is 0 Å². The fourth-order valence-electron chi connectivity index (χ4n) is 2.54. The summed E-state index contributed by atoms with van der Waals surface area (Å²) in [7, 11) is -3.73. The predicted octanol–water partition coefficient (Wildman–Crippen LogP) is 2.00. The molecule has 0 fully saturated rings. The first kappa shape index (κ1) is 19.6. The Bertz CT molecular complexity index is 671. The third kappa shape index (κ3) is 5.60. The summed E-state index contributed by atoms with van der Waals surface area (Å²) >= 11 is 0. The molecular formula is C16H27N3O3S. The predicted molar refractivity (Wildman–Crippen MR) is 92.7 cm³/mol. The molecule has 0 aliphatic heterocycles. The maximum absolute atomic E-state index is 12.7. The van der Waals surface area contributed by atoms with Crippen molar-refractivity contribution in [3.63, 3.8) is 0 Å². The highest BCUT2D eigenvalue weighted by Gasteiger charge is 2.30. The fraction of sp³-hybridized carbons (Fsp3) is 0.562. The average molecular weight is 341 g/mol. The second-order valence-corrected chi connectivity index (χ2v) is 8.31. The lowest BCUT2D eigenvalue weighted by molar-refractivity contribution is -0.114. The first-order chi connectivity index (χ1) is 10.5. The zero-order valence-corrected chi connectivity index (χ0v) is 15.3. The smallest absolute Gasteiger partial charge is 0.241 e. The fourth-order valence-corrected chi connectivity index (χ4v) is 4.00. The van der Waals surface area contributed by atoms with Crippen LogP contribution in [-0.2, 0) is 14.8 Å². The Kier molecular flexibility index (Phi) is 6.33. The topological polar surface area (TPSA) is 101 Å². The number of carbonyl (C=O) groups is 1. The number of nitrogens with one attached hydrogen (secondary N) is 2. The van der Waals surface area contributed by atoms with Gasteiger partial charge in [0, 0.05) is 24.7 Å². The molecule has 0 radical (unpaired) electrons. The average Bonchev–Trinajstić information content (AvgIpc) is 2.39. The Morgan fingerprint density at radius 2 is 1.96 bits per heavy atom. The van der Waals surface area contributed by atoms with E-state index in [1.54, 1.807) is 19.9 Å². The van der Waals surface area contributed by atoms with Gasteiger partial charge >= 0.3 is 0 Å². The van der Waals surface area contributed by atoms with Gasteiger partial charge in [0.1, 0.15) is 0 Å². The number of sulfonamides is 1. The van der Waals surface area contributed by atoms with Crippen molar-refractivity contribution in [1.29, 1.82) is 0 Å². The molecule has 1 rings (SSSR count). The summed E-state index contributed by atoms with van der Waals surface area (Å²) < 4.78 is 28.0. The van der Waals surface area contributed by atoms with Crippen LogP contribution in [0.25, 0.3) is 0 Å². The maximum atomic E-state index is 12.7. The maximum Gasteiger partial charge on any atom is 0.241 e. The van der Waals surface area contributed by atoms with Crippen LogP contribution >= 0.6 is 0 Å². The summed E-state index contributed by atoms with van der Waals surface area (Å²) in [6.07, 6.45) is 0.632. The Morgan fingerprint density at radius 3 is 2.43 bits per heavy atom. The van der Waals surface area contributed by atoms with Gasteiger partial charge in [-0.3, -0.25) is 4.79 Å². The lowest BCUT2D eigenvalue weighted by atomic mass is 9.92. The van der Waals surface area contributed by atoms with Crippen LogP contribution in [0.15, 0.2) is 23.1 Å². The monoisotopic (exact) mass is 341 g/mol. The molecule has 130 valence electrons. The van der Waals surface area contributed by atoms with E-state index >= 15 is 0 Å². The summed E-state index contributed by atoms with van der Waals surface area (Å²) in [6.45, 7) is 9.22. The highest BCUT2D eigenvalue weighted by Crippen LogP contribution is 2.23.